The molecule has 0 aliphatic heterocycles. The van der Waals surface area contributed by atoms with Crippen LogP contribution in [-0.4, -0.2) is 41.5 Å². The lowest BCUT2D eigenvalue weighted by Gasteiger charge is -2.30. The second kappa shape index (κ2) is 7.84. The van der Waals surface area contributed by atoms with E-state index in [0.29, 0.717) is 0 Å². The first-order valence-electron chi connectivity index (χ1n) is 7.68. The molecule has 2 unspecified atom stereocenters. The molecule has 1 aliphatic rings. The number of alkyl carbamates (subject to hydrolysis) is 1. The minimum absolute atomic E-state index is 0.0426. The number of hydrogen-bond donors (Lipinski definition) is 3. The largest absolute Gasteiger partial charge is 0.444 e. The first-order valence-corrected chi connectivity index (χ1v) is 7.68. The number of rotatable bonds is 4. The highest BCUT2D eigenvalue weighted by molar-refractivity contribution is 5.68. The summed E-state index contributed by atoms with van der Waals surface area (Å²) >= 11 is 0. The zero-order valence-electron chi connectivity index (χ0n) is 13.2. The van der Waals surface area contributed by atoms with Crippen LogP contribution in [-0.2, 0) is 4.74 Å². The molecule has 3 N–H and O–H groups in total. The molecule has 1 fully saturated rings. The van der Waals surface area contributed by atoms with Gasteiger partial charge in [-0.3, -0.25) is 0 Å². The Hall–Kier alpha value is -0.810. The Kier molecular flexibility index (Phi) is 6.76. The number of amides is 1. The zero-order chi connectivity index (χ0) is 15.2. The van der Waals surface area contributed by atoms with Gasteiger partial charge in [0.25, 0.3) is 0 Å². The molecule has 0 aromatic rings. The monoisotopic (exact) mass is 286 g/mol. The Labute approximate surface area is 122 Å². The molecular formula is C15H30N2O3. The molecule has 0 spiro atoms. The minimum atomic E-state index is -0.476. The third kappa shape index (κ3) is 6.57. The van der Waals surface area contributed by atoms with E-state index in [1.165, 1.54) is 6.42 Å². The lowest BCUT2D eigenvalue weighted by molar-refractivity contribution is 0.0487. The summed E-state index contributed by atoms with van der Waals surface area (Å²) < 4.78 is 5.33. The average Bonchev–Trinajstić information content (AvgIpc) is 2.53. The molecule has 5 heteroatoms. The molecule has 118 valence electrons. The molecule has 20 heavy (non-hydrogen) atoms. The SMILES string of the molecule is C[C@H](CO)NC1CCCCCC1NC(=O)OC(C)(C)C. The summed E-state index contributed by atoms with van der Waals surface area (Å²) in [7, 11) is 0. The fourth-order valence-electron chi connectivity index (χ4n) is 2.56. The summed E-state index contributed by atoms with van der Waals surface area (Å²) in [5.74, 6) is 0. The Morgan fingerprint density at radius 2 is 1.85 bits per heavy atom. The fourth-order valence-corrected chi connectivity index (χ4v) is 2.56. The highest BCUT2D eigenvalue weighted by Gasteiger charge is 2.27. The molecule has 0 radical (unpaired) electrons. The van der Waals surface area contributed by atoms with Crippen LogP contribution in [0.5, 0.6) is 0 Å². The van der Waals surface area contributed by atoms with Crippen molar-refractivity contribution in [2.75, 3.05) is 6.61 Å². The number of nitrogens with one attached hydrogen (secondary N) is 2. The second-order valence-electron chi connectivity index (χ2n) is 6.75. The highest BCUT2D eigenvalue weighted by Crippen LogP contribution is 2.19. The van der Waals surface area contributed by atoms with Crippen molar-refractivity contribution in [3.63, 3.8) is 0 Å². The molecule has 1 amide bonds. The predicted octanol–water partition coefficient (Wildman–Crippen LogP) is 2.18. The van der Waals surface area contributed by atoms with Gasteiger partial charge in [-0.1, -0.05) is 19.3 Å². The lowest BCUT2D eigenvalue weighted by atomic mass is 10.0. The van der Waals surface area contributed by atoms with Gasteiger partial charge in [0.15, 0.2) is 0 Å². The van der Waals surface area contributed by atoms with Gasteiger partial charge in [-0.25, -0.2) is 4.79 Å². The van der Waals surface area contributed by atoms with E-state index in [1.54, 1.807) is 0 Å². The Morgan fingerprint density at radius 3 is 2.40 bits per heavy atom. The van der Waals surface area contributed by atoms with E-state index < -0.39 is 5.60 Å². The van der Waals surface area contributed by atoms with Gasteiger partial charge < -0.3 is 20.5 Å². The smallest absolute Gasteiger partial charge is 0.407 e. The van der Waals surface area contributed by atoms with Crippen LogP contribution in [0.2, 0.25) is 0 Å². The predicted molar refractivity (Wildman–Crippen MR) is 79.7 cm³/mol. The van der Waals surface area contributed by atoms with E-state index in [9.17, 15) is 9.90 Å². The number of aliphatic hydroxyl groups is 1. The topological polar surface area (TPSA) is 70.6 Å². The van der Waals surface area contributed by atoms with Crippen LogP contribution in [0.15, 0.2) is 0 Å². The third-order valence-electron chi connectivity index (χ3n) is 3.49. The van der Waals surface area contributed by atoms with Crippen molar-refractivity contribution in [2.24, 2.45) is 0 Å². The van der Waals surface area contributed by atoms with Crippen molar-refractivity contribution in [1.29, 1.82) is 0 Å². The number of aliphatic hydroxyl groups excluding tert-OH is 1. The first-order chi connectivity index (χ1) is 9.31. The molecule has 5 nitrogen and oxygen atoms in total. The van der Waals surface area contributed by atoms with Gasteiger partial charge >= 0.3 is 6.09 Å². The van der Waals surface area contributed by atoms with Gasteiger partial charge in [0, 0.05) is 18.1 Å². The maximum atomic E-state index is 11.9. The van der Waals surface area contributed by atoms with Crippen LogP contribution < -0.4 is 10.6 Å². The van der Waals surface area contributed by atoms with E-state index >= 15 is 0 Å². The van der Waals surface area contributed by atoms with Crippen LogP contribution in [0.4, 0.5) is 4.79 Å². The third-order valence-corrected chi connectivity index (χ3v) is 3.49. The summed E-state index contributed by atoms with van der Waals surface area (Å²) in [6.45, 7) is 7.65. The van der Waals surface area contributed by atoms with Crippen molar-refractivity contribution in [2.45, 2.75) is 83.5 Å². The summed E-state index contributed by atoms with van der Waals surface area (Å²) in [6.07, 6.45) is 5.08. The maximum Gasteiger partial charge on any atom is 0.407 e. The van der Waals surface area contributed by atoms with Gasteiger partial charge in [-0.2, -0.15) is 0 Å². The molecule has 0 bridgehead atoms. The maximum absolute atomic E-state index is 11.9. The van der Waals surface area contributed by atoms with Crippen molar-refractivity contribution >= 4 is 6.09 Å². The van der Waals surface area contributed by atoms with Crippen molar-refractivity contribution < 1.29 is 14.6 Å². The first kappa shape index (κ1) is 17.2. The quantitative estimate of drug-likeness (QED) is 0.693. The fraction of sp³-hybridized carbons (Fsp3) is 0.933. The molecular weight excluding hydrogens is 256 g/mol. The van der Waals surface area contributed by atoms with Crippen molar-refractivity contribution in [3.8, 4) is 0 Å². The molecule has 3 atom stereocenters. The Balaban J connectivity index is 2.58. The summed E-state index contributed by atoms with van der Waals surface area (Å²) in [6, 6.07) is 0.314. The number of carbonyl (C=O) groups is 1. The van der Waals surface area contributed by atoms with Crippen LogP contribution >= 0.6 is 0 Å². The second-order valence-corrected chi connectivity index (χ2v) is 6.75. The van der Waals surface area contributed by atoms with E-state index in [2.05, 4.69) is 10.6 Å². The van der Waals surface area contributed by atoms with Gasteiger partial charge in [0.1, 0.15) is 5.60 Å². The number of ether oxygens (including phenoxy) is 1. The van der Waals surface area contributed by atoms with E-state index in [-0.39, 0.29) is 30.8 Å². The molecule has 1 rings (SSSR count). The van der Waals surface area contributed by atoms with Crippen molar-refractivity contribution in [1.82, 2.24) is 10.6 Å². The summed E-state index contributed by atoms with van der Waals surface area (Å²) in [4.78, 5) is 11.9. The van der Waals surface area contributed by atoms with Gasteiger partial charge in [-0.05, 0) is 40.5 Å². The molecule has 1 aliphatic carbocycles. The normalized spacial score (nSPS) is 25.6. The average molecular weight is 286 g/mol. The van der Waals surface area contributed by atoms with Crippen LogP contribution in [0.1, 0.15) is 59.8 Å². The Bertz CT molecular complexity index is 302. The minimum Gasteiger partial charge on any atom is -0.444 e. The molecule has 0 heterocycles. The number of carbonyl (C=O) groups excluding carboxylic acids is 1. The standard InChI is InChI=1S/C15H30N2O3/c1-11(10-18)16-12-8-6-5-7-9-13(12)17-14(19)20-15(2,3)4/h11-13,16,18H,5-10H2,1-4H3,(H,17,19)/t11-,12?,13?/m1/s1. The number of hydrogen-bond acceptors (Lipinski definition) is 4. The molecule has 0 saturated heterocycles. The molecule has 0 aromatic carbocycles. The van der Waals surface area contributed by atoms with Crippen LogP contribution in [0, 0.1) is 0 Å². The van der Waals surface area contributed by atoms with Gasteiger partial charge in [-0.15, -0.1) is 0 Å². The molecule has 1 saturated carbocycles. The molecule has 0 aromatic heterocycles. The summed E-state index contributed by atoms with van der Waals surface area (Å²) in [5.41, 5.74) is -0.476. The van der Waals surface area contributed by atoms with E-state index in [0.717, 1.165) is 25.7 Å². The van der Waals surface area contributed by atoms with Crippen LogP contribution in [0.25, 0.3) is 0 Å². The van der Waals surface area contributed by atoms with Gasteiger partial charge in [0.2, 0.25) is 0 Å². The van der Waals surface area contributed by atoms with E-state index in [4.69, 9.17) is 4.74 Å². The van der Waals surface area contributed by atoms with E-state index in [1.807, 2.05) is 27.7 Å². The Morgan fingerprint density at radius 1 is 1.25 bits per heavy atom. The van der Waals surface area contributed by atoms with Crippen molar-refractivity contribution in [3.05, 3.63) is 0 Å². The lowest BCUT2D eigenvalue weighted by Crippen LogP contribution is -2.53. The highest BCUT2D eigenvalue weighted by atomic mass is 16.6. The summed E-state index contributed by atoms with van der Waals surface area (Å²) in [5, 5.41) is 15.6. The van der Waals surface area contributed by atoms with Gasteiger partial charge in [0.05, 0.1) is 6.61 Å². The van der Waals surface area contributed by atoms with Crippen LogP contribution in [0.3, 0.4) is 0 Å². The zero-order valence-corrected chi connectivity index (χ0v) is 13.2.